The molecule has 110 valence electrons. The molecule has 1 unspecified atom stereocenters. The zero-order chi connectivity index (χ0) is 15.5. The smallest absolute Gasteiger partial charge is 0.328 e. The molecule has 1 aromatic rings. The van der Waals surface area contributed by atoms with Crippen molar-refractivity contribution in [3.8, 4) is 0 Å². The number of amides is 1. The summed E-state index contributed by atoms with van der Waals surface area (Å²) in [4.78, 5) is 27.9. The molecule has 0 saturated carbocycles. The van der Waals surface area contributed by atoms with Crippen LogP contribution in [0.3, 0.4) is 0 Å². The molecule has 1 rings (SSSR count). The number of aryl methyl sites for hydroxylation is 1. The third-order valence-corrected chi connectivity index (χ3v) is 3.18. The van der Waals surface area contributed by atoms with Crippen LogP contribution in [0.25, 0.3) is 0 Å². The highest BCUT2D eigenvalue weighted by atomic mass is 79.9. The maximum absolute atomic E-state index is 12.0. The van der Waals surface area contributed by atoms with Gasteiger partial charge in [0.25, 0.3) is 5.91 Å². The molecule has 20 heavy (non-hydrogen) atoms. The number of aromatic nitrogens is 1. The van der Waals surface area contributed by atoms with Crippen molar-refractivity contribution in [3.05, 3.63) is 28.0 Å². The van der Waals surface area contributed by atoms with E-state index in [1.807, 2.05) is 6.92 Å². The number of carbonyl (C=O) groups excluding carboxylic acids is 2. The third kappa shape index (κ3) is 4.92. The van der Waals surface area contributed by atoms with Gasteiger partial charge in [0.15, 0.2) is 0 Å². The van der Waals surface area contributed by atoms with E-state index in [0.29, 0.717) is 4.60 Å². The van der Waals surface area contributed by atoms with Crippen LogP contribution >= 0.6 is 15.9 Å². The average molecular weight is 343 g/mol. The van der Waals surface area contributed by atoms with Gasteiger partial charge in [-0.15, -0.1) is 0 Å². The van der Waals surface area contributed by atoms with Gasteiger partial charge >= 0.3 is 5.97 Å². The summed E-state index contributed by atoms with van der Waals surface area (Å²) in [5.41, 5.74) is 0.598. The van der Waals surface area contributed by atoms with Crippen LogP contribution in [0.4, 0.5) is 0 Å². The molecule has 0 saturated heterocycles. The molecule has 1 N–H and O–H groups in total. The van der Waals surface area contributed by atoms with Crippen molar-refractivity contribution < 1.29 is 14.3 Å². The second-order valence-electron chi connectivity index (χ2n) is 5.53. The Balaban J connectivity index is 2.70. The standard InChI is InChI=1S/C14H19BrN2O3/c1-8-6-7-10(17-11(8)15)12(18)16-9(2)13(19)20-14(3,4)5/h6-7,9H,1-5H3,(H,16,18). The molecule has 1 aromatic heterocycles. The molecule has 6 heteroatoms. The lowest BCUT2D eigenvalue weighted by Crippen LogP contribution is -2.42. The molecule has 5 nitrogen and oxygen atoms in total. The molecule has 1 atom stereocenters. The first-order chi connectivity index (χ1) is 9.10. The Morgan fingerprint density at radius 1 is 1.35 bits per heavy atom. The van der Waals surface area contributed by atoms with E-state index >= 15 is 0 Å². The highest BCUT2D eigenvalue weighted by Crippen LogP contribution is 2.13. The second kappa shape index (κ2) is 6.35. The molecule has 0 aliphatic carbocycles. The van der Waals surface area contributed by atoms with Gasteiger partial charge in [0, 0.05) is 0 Å². The molecule has 1 heterocycles. The lowest BCUT2D eigenvalue weighted by Gasteiger charge is -2.22. The first-order valence-corrected chi connectivity index (χ1v) is 7.06. The number of rotatable bonds is 3. The minimum absolute atomic E-state index is 0.248. The van der Waals surface area contributed by atoms with Gasteiger partial charge in [0.2, 0.25) is 0 Å². The van der Waals surface area contributed by atoms with Gasteiger partial charge in [-0.25, -0.2) is 9.78 Å². The Bertz CT molecular complexity index is 524. The fraction of sp³-hybridized carbons (Fsp3) is 0.500. The third-order valence-electron chi connectivity index (χ3n) is 2.38. The zero-order valence-corrected chi connectivity index (χ0v) is 13.9. The van der Waals surface area contributed by atoms with Gasteiger partial charge in [-0.05, 0) is 62.2 Å². The summed E-state index contributed by atoms with van der Waals surface area (Å²) >= 11 is 3.27. The molecule has 0 fully saturated rings. The summed E-state index contributed by atoms with van der Waals surface area (Å²) in [5.74, 6) is -0.888. The highest BCUT2D eigenvalue weighted by Gasteiger charge is 2.23. The molecule has 0 aliphatic rings. The van der Waals surface area contributed by atoms with Crippen LogP contribution in [-0.2, 0) is 9.53 Å². The zero-order valence-electron chi connectivity index (χ0n) is 12.3. The Kier molecular flexibility index (Phi) is 5.28. The Labute approximate surface area is 127 Å². The van der Waals surface area contributed by atoms with E-state index < -0.39 is 23.5 Å². The van der Waals surface area contributed by atoms with Crippen LogP contribution in [-0.4, -0.2) is 28.5 Å². The number of nitrogens with zero attached hydrogens (tertiary/aromatic N) is 1. The molecule has 0 aliphatic heterocycles. The quantitative estimate of drug-likeness (QED) is 0.677. The van der Waals surface area contributed by atoms with Crippen molar-refractivity contribution in [2.75, 3.05) is 0 Å². The number of pyridine rings is 1. The molecule has 0 radical (unpaired) electrons. The number of halogens is 1. The Morgan fingerprint density at radius 2 is 1.95 bits per heavy atom. The van der Waals surface area contributed by atoms with Gasteiger partial charge in [-0.3, -0.25) is 4.79 Å². The molecule has 0 bridgehead atoms. The highest BCUT2D eigenvalue weighted by molar-refractivity contribution is 9.10. The van der Waals surface area contributed by atoms with Crippen LogP contribution in [0.1, 0.15) is 43.7 Å². The number of ether oxygens (including phenoxy) is 1. The van der Waals surface area contributed by atoms with Crippen molar-refractivity contribution in [2.24, 2.45) is 0 Å². The topological polar surface area (TPSA) is 68.3 Å². The number of esters is 1. The van der Waals surface area contributed by atoms with Gasteiger partial charge in [0.1, 0.15) is 21.9 Å². The van der Waals surface area contributed by atoms with Crippen LogP contribution in [0.5, 0.6) is 0 Å². The summed E-state index contributed by atoms with van der Waals surface area (Å²) < 4.78 is 5.80. The Morgan fingerprint density at radius 3 is 2.45 bits per heavy atom. The van der Waals surface area contributed by atoms with Gasteiger partial charge in [-0.1, -0.05) is 6.07 Å². The van der Waals surface area contributed by atoms with E-state index in [-0.39, 0.29) is 5.69 Å². The van der Waals surface area contributed by atoms with Crippen LogP contribution in [0, 0.1) is 6.92 Å². The van der Waals surface area contributed by atoms with Gasteiger partial charge in [-0.2, -0.15) is 0 Å². The normalized spacial score (nSPS) is 12.7. The van der Waals surface area contributed by atoms with Crippen molar-refractivity contribution in [1.82, 2.24) is 10.3 Å². The number of nitrogens with one attached hydrogen (secondary N) is 1. The molecule has 1 amide bonds. The molecular weight excluding hydrogens is 324 g/mol. The monoisotopic (exact) mass is 342 g/mol. The predicted molar refractivity (Wildman–Crippen MR) is 79.4 cm³/mol. The summed E-state index contributed by atoms with van der Waals surface area (Å²) in [6, 6.07) is 2.66. The van der Waals surface area contributed by atoms with Crippen molar-refractivity contribution in [1.29, 1.82) is 0 Å². The van der Waals surface area contributed by atoms with E-state index in [1.165, 1.54) is 0 Å². The summed E-state index contributed by atoms with van der Waals surface area (Å²) in [7, 11) is 0. The predicted octanol–water partition coefficient (Wildman–Crippen LogP) is 2.61. The van der Waals surface area contributed by atoms with Crippen LogP contribution < -0.4 is 5.32 Å². The van der Waals surface area contributed by atoms with E-state index in [1.54, 1.807) is 39.8 Å². The van der Waals surface area contributed by atoms with E-state index in [2.05, 4.69) is 26.2 Å². The summed E-state index contributed by atoms with van der Waals surface area (Å²) in [5, 5.41) is 2.57. The summed E-state index contributed by atoms with van der Waals surface area (Å²) in [6.07, 6.45) is 0. The first kappa shape index (κ1) is 16.6. The fourth-order valence-corrected chi connectivity index (χ4v) is 1.67. The first-order valence-electron chi connectivity index (χ1n) is 6.27. The van der Waals surface area contributed by atoms with E-state index in [9.17, 15) is 9.59 Å². The van der Waals surface area contributed by atoms with E-state index in [0.717, 1.165) is 5.56 Å². The van der Waals surface area contributed by atoms with E-state index in [4.69, 9.17) is 4.74 Å². The lowest BCUT2D eigenvalue weighted by atomic mass is 10.2. The molecule has 0 aromatic carbocycles. The SMILES string of the molecule is Cc1ccc(C(=O)NC(C)C(=O)OC(C)(C)C)nc1Br. The van der Waals surface area contributed by atoms with Crippen LogP contribution in [0.15, 0.2) is 16.7 Å². The van der Waals surface area contributed by atoms with Gasteiger partial charge in [0.05, 0.1) is 0 Å². The lowest BCUT2D eigenvalue weighted by molar-refractivity contribution is -0.156. The number of hydrogen-bond donors (Lipinski definition) is 1. The van der Waals surface area contributed by atoms with Crippen molar-refractivity contribution in [3.63, 3.8) is 0 Å². The minimum Gasteiger partial charge on any atom is -0.458 e. The van der Waals surface area contributed by atoms with Crippen LogP contribution in [0.2, 0.25) is 0 Å². The second-order valence-corrected chi connectivity index (χ2v) is 6.28. The number of hydrogen-bond acceptors (Lipinski definition) is 4. The molecule has 0 spiro atoms. The van der Waals surface area contributed by atoms with Gasteiger partial charge < -0.3 is 10.1 Å². The number of carbonyl (C=O) groups is 2. The summed E-state index contributed by atoms with van der Waals surface area (Å²) in [6.45, 7) is 8.78. The maximum Gasteiger partial charge on any atom is 0.328 e. The van der Waals surface area contributed by atoms with Crippen molar-refractivity contribution in [2.45, 2.75) is 46.3 Å². The maximum atomic E-state index is 12.0. The minimum atomic E-state index is -0.733. The fourth-order valence-electron chi connectivity index (χ4n) is 1.35. The Hall–Kier alpha value is -1.43. The largest absolute Gasteiger partial charge is 0.458 e. The molecular formula is C14H19BrN2O3. The average Bonchev–Trinajstić information content (AvgIpc) is 2.30. The van der Waals surface area contributed by atoms with Crippen molar-refractivity contribution >= 4 is 27.8 Å².